The van der Waals surface area contributed by atoms with Crippen molar-refractivity contribution in [3.8, 4) is 0 Å². The van der Waals surface area contributed by atoms with Crippen molar-refractivity contribution in [3.05, 3.63) is 66.7 Å². The van der Waals surface area contributed by atoms with E-state index in [-0.39, 0.29) is 17.3 Å². The number of benzene rings is 2. The molecule has 0 aliphatic carbocycles. The van der Waals surface area contributed by atoms with E-state index in [1.54, 1.807) is 0 Å². The molecule has 3 rings (SSSR count). The first-order valence-electron chi connectivity index (χ1n) is 7.46. The molecule has 7 nitrogen and oxygen atoms in total. The van der Waals surface area contributed by atoms with Crippen LogP contribution in [0.25, 0.3) is 11.0 Å². The molecule has 0 bridgehead atoms. The predicted molar refractivity (Wildman–Crippen MR) is 95.9 cm³/mol. The minimum atomic E-state index is -3.61. The van der Waals surface area contributed by atoms with Crippen LogP contribution in [0, 0.1) is 0 Å². The van der Waals surface area contributed by atoms with Gasteiger partial charge in [-0.25, -0.2) is 18.1 Å². The number of carbonyl (C=O) groups is 1. The summed E-state index contributed by atoms with van der Waals surface area (Å²) in [7, 11) is -3.61. The van der Waals surface area contributed by atoms with Gasteiger partial charge in [0.05, 0.1) is 15.9 Å². The zero-order chi connectivity index (χ0) is 17.9. The largest absolute Gasteiger partial charge is 0.324 e. The lowest BCUT2D eigenvalue weighted by Crippen LogP contribution is -2.23. The Morgan fingerprint density at radius 3 is 2.56 bits per heavy atom. The molecule has 0 saturated carbocycles. The average molecular weight is 356 g/mol. The van der Waals surface area contributed by atoms with Crippen molar-refractivity contribution in [1.82, 2.24) is 14.7 Å². The smallest absolute Gasteiger partial charge is 0.257 e. The van der Waals surface area contributed by atoms with Gasteiger partial charge in [-0.05, 0) is 36.4 Å². The van der Waals surface area contributed by atoms with Crippen molar-refractivity contribution in [3.63, 3.8) is 0 Å². The summed E-state index contributed by atoms with van der Waals surface area (Å²) in [6.07, 6.45) is 1.45. The highest BCUT2D eigenvalue weighted by Crippen LogP contribution is 2.15. The Morgan fingerprint density at radius 2 is 1.88 bits per heavy atom. The van der Waals surface area contributed by atoms with Gasteiger partial charge >= 0.3 is 0 Å². The highest BCUT2D eigenvalue weighted by atomic mass is 32.2. The fraction of sp³-hybridized carbons (Fsp3) is 0.0588. The van der Waals surface area contributed by atoms with Crippen LogP contribution in [0.5, 0.6) is 0 Å². The normalized spacial score (nSPS) is 11.4. The Hall–Kier alpha value is -2.97. The lowest BCUT2D eigenvalue weighted by Gasteiger charge is -2.06. The Kier molecular flexibility index (Phi) is 4.64. The molecule has 128 valence electrons. The second kappa shape index (κ2) is 6.88. The number of aromatic amines is 1. The van der Waals surface area contributed by atoms with Gasteiger partial charge in [0.1, 0.15) is 0 Å². The molecule has 8 heteroatoms. The van der Waals surface area contributed by atoms with E-state index in [0.717, 1.165) is 11.0 Å². The number of anilines is 1. The number of sulfonamides is 1. The van der Waals surface area contributed by atoms with E-state index in [2.05, 4.69) is 26.6 Å². The molecule has 0 unspecified atom stereocenters. The number of nitrogens with one attached hydrogen (secondary N) is 3. The van der Waals surface area contributed by atoms with E-state index < -0.39 is 10.0 Å². The number of fused-ring (bicyclic) bond motifs is 1. The van der Waals surface area contributed by atoms with E-state index in [4.69, 9.17) is 0 Å². The Bertz CT molecular complexity index is 990. The SMILES string of the molecule is C=CCNS(=O)(=O)c1ccc(C(=O)Nc2nc3ccccc3[nH]2)cc1. The molecular formula is C17H16N4O3S. The Morgan fingerprint density at radius 1 is 1.16 bits per heavy atom. The van der Waals surface area contributed by atoms with Crippen molar-refractivity contribution >= 4 is 32.9 Å². The minimum Gasteiger partial charge on any atom is -0.324 e. The van der Waals surface area contributed by atoms with Crippen LogP contribution in [-0.4, -0.2) is 30.8 Å². The predicted octanol–water partition coefficient (Wildman–Crippen LogP) is 2.28. The van der Waals surface area contributed by atoms with Crippen molar-refractivity contribution in [1.29, 1.82) is 0 Å². The fourth-order valence-electron chi connectivity index (χ4n) is 2.23. The minimum absolute atomic E-state index is 0.0784. The van der Waals surface area contributed by atoms with Crippen LogP contribution >= 0.6 is 0 Å². The fourth-order valence-corrected chi connectivity index (χ4v) is 3.23. The zero-order valence-corrected chi connectivity index (χ0v) is 14.0. The second-order valence-corrected chi connectivity index (χ2v) is 6.99. The lowest BCUT2D eigenvalue weighted by atomic mass is 10.2. The van der Waals surface area contributed by atoms with E-state index >= 15 is 0 Å². The van der Waals surface area contributed by atoms with Crippen molar-refractivity contribution in [2.24, 2.45) is 0 Å². The van der Waals surface area contributed by atoms with Crippen LogP contribution in [0.15, 0.2) is 66.1 Å². The number of imidazole rings is 1. The molecule has 0 fully saturated rings. The summed E-state index contributed by atoms with van der Waals surface area (Å²) in [5.41, 5.74) is 1.88. The summed E-state index contributed by atoms with van der Waals surface area (Å²) >= 11 is 0. The van der Waals surface area contributed by atoms with Gasteiger partial charge in [-0.1, -0.05) is 18.2 Å². The maximum absolute atomic E-state index is 12.3. The van der Waals surface area contributed by atoms with E-state index in [9.17, 15) is 13.2 Å². The van der Waals surface area contributed by atoms with Crippen LogP contribution in [0.2, 0.25) is 0 Å². The van der Waals surface area contributed by atoms with Crippen LogP contribution in [0.4, 0.5) is 5.95 Å². The number of para-hydroxylation sites is 2. The molecule has 25 heavy (non-hydrogen) atoms. The van der Waals surface area contributed by atoms with E-state index in [1.807, 2.05) is 24.3 Å². The third-order valence-electron chi connectivity index (χ3n) is 3.47. The lowest BCUT2D eigenvalue weighted by molar-refractivity contribution is 0.102. The number of hydrogen-bond acceptors (Lipinski definition) is 4. The molecule has 2 aromatic carbocycles. The highest BCUT2D eigenvalue weighted by molar-refractivity contribution is 7.89. The highest BCUT2D eigenvalue weighted by Gasteiger charge is 2.14. The molecule has 1 amide bonds. The van der Waals surface area contributed by atoms with Crippen LogP contribution < -0.4 is 10.0 Å². The van der Waals surface area contributed by atoms with Crippen molar-refractivity contribution in [2.75, 3.05) is 11.9 Å². The molecule has 0 saturated heterocycles. The molecule has 1 aromatic heterocycles. The molecule has 0 aliphatic heterocycles. The number of H-pyrrole nitrogens is 1. The topological polar surface area (TPSA) is 104 Å². The monoisotopic (exact) mass is 356 g/mol. The molecule has 0 atom stereocenters. The first-order chi connectivity index (χ1) is 12.0. The third kappa shape index (κ3) is 3.76. The van der Waals surface area contributed by atoms with Gasteiger partial charge in [0.15, 0.2) is 0 Å². The average Bonchev–Trinajstić information content (AvgIpc) is 3.02. The summed E-state index contributed by atoms with van der Waals surface area (Å²) in [6.45, 7) is 3.60. The van der Waals surface area contributed by atoms with Crippen LogP contribution in [0.1, 0.15) is 10.4 Å². The van der Waals surface area contributed by atoms with Gasteiger partial charge in [-0.3, -0.25) is 10.1 Å². The molecule has 3 aromatic rings. The molecular weight excluding hydrogens is 340 g/mol. The standard InChI is InChI=1S/C17H16N4O3S/c1-2-11-18-25(23,24)13-9-7-12(8-10-13)16(22)21-17-19-14-5-3-4-6-15(14)20-17/h2-10,18H,1,11H2,(H2,19,20,21,22). The van der Waals surface area contributed by atoms with Gasteiger partial charge in [0.25, 0.3) is 5.91 Å². The van der Waals surface area contributed by atoms with Gasteiger partial charge < -0.3 is 4.98 Å². The molecule has 3 N–H and O–H groups in total. The second-order valence-electron chi connectivity index (χ2n) is 5.22. The number of nitrogens with zero attached hydrogens (tertiary/aromatic N) is 1. The Labute approximate surface area is 144 Å². The molecule has 0 radical (unpaired) electrons. The van der Waals surface area contributed by atoms with Gasteiger partial charge in [0.2, 0.25) is 16.0 Å². The maximum Gasteiger partial charge on any atom is 0.257 e. The van der Waals surface area contributed by atoms with Gasteiger partial charge in [-0.2, -0.15) is 0 Å². The number of rotatable bonds is 6. The first-order valence-corrected chi connectivity index (χ1v) is 8.94. The molecule has 0 spiro atoms. The van der Waals surface area contributed by atoms with Gasteiger partial charge in [-0.15, -0.1) is 6.58 Å². The third-order valence-corrected chi connectivity index (χ3v) is 4.91. The Balaban J connectivity index is 1.75. The van der Waals surface area contributed by atoms with Crippen molar-refractivity contribution in [2.45, 2.75) is 4.90 Å². The van der Waals surface area contributed by atoms with Crippen LogP contribution in [-0.2, 0) is 10.0 Å². The number of amides is 1. The summed E-state index contributed by atoms with van der Waals surface area (Å²) < 4.78 is 26.3. The van der Waals surface area contributed by atoms with E-state index in [1.165, 1.54) is 30.3 Å². The summed E-state index contributed by atoms with van der Waals surface area (Å²) in [5.74, 6) is -0.0578. The first kappa shape index (κ1) is 16.9. The number of aromatic nitrogens is 2. The van der Waals surface area contributed by atoms with Crippen molar-refractivity contribution < 1.29 is 13.2 Å². The summed E-state index contributed by atoms with van der Waals surface area (Å²) in [4.78, 5) is 19.6. The number of carbonyl (C=O) groups excluding carboxylic acids is 1. The van der Waals surface area contributed by atoms with Crippen LogP contribution in [0.3, 0.4) is 0 Å². The molecule has 0 aliphatic rings. The van der Waals surface area contributed by atoms with E-state index in [0.29, 0.717) is 11.5 Å². The number of hydrogen-bond donors (Lipinski definition) is 3. The summed E-state index contributed by atoms with van der Waals surface area (Å²) in [5, 5.41) is 2.66. The summed E-state index contributed by atoms with van der Waals surface area (Å²) in [6, 6.07) is 13.0. The molecule has 1 heterocycles. The maximum atomic E-state index is 12.3. The zero-order valence-electron chi connectivity index (χ0n) is 13.2. The quantitative estimate of drug-likeness (QED) is 0.589. The van der Waals surface area contributed by atoms with Gasteiger partial charge in [0, 0.05) is 12.1 Å².